The molecule has 2 aliphatic rings. The number of nitrogens with zero attached hydrogens (tertiary/aromatic N) is 1. The number of hydrogen-bond acceptors (Lipinski definition) is 2. The molecule has 0 unspecified atom stereocenters. The number of hydrogen-bond donors (Lipinski definition) is 1. The molecule has 14 heavy (non-hydrogen) atoms. The summed E-state index contributed by atoms with van der Waals surface area (Å²) >= 11 is 0. The monoisotopic (exact) mass is 196 g/mol. The van der Waals surface area contributed by atoms with Gasteiger partial charge in [0.2, 0.25) is 5.91 Å². The Morgan fingerprint density at radius 1 is 1.14 bits per heavy atom. The van der Waals surface area contributed by atoms with E-state index in [9.17, 15) is 4.79 Å². The molecule has 1 aliphatic carbocycles. The zero-order valence-corrected chi connectivity index (χ0v) is 9.12. The molecule has 0 aromatic carbocycles. The molecule has 2 atom stereocenters. The minimum Gasteiger partial charge on any atom is -0.288 e. The maximum Gasteiger partial charge on any atom is 0.237 e. The molecule has 80 valence electrons. The third-order valence-corrected chi connectivity index (χ3v) is 3.38. The molecule has 2 fully saturated rings. The summed E-state index contributed by atoms with van der Waals surface area (Å²) < 4.78 is 0. The smallest absolute Gasteiger partial charge is 0.237 e. The normalized spacial score (nSPS) is 34.1. The first-order chi connectivity index (χ1) is 6.68. The van der Waals surface area contributed by atoms with Crippen molar-refractivity contribution in [2.45, 2.75) is 58.0 Å². The van der Waals surface area contributed by atoms with Crippen LogP contribution in [0.4, 0.5) is 0 Å². The third-order valence-electron chi connectivity index (χ3n) is 3.38. The van der Waals surface area contributed by atoms with E-state index in [0.717, 1.165) is 12.8 Å². The molecular weight excluding hydrogens is 176 g/mol. The van der Waals surface area contributed by atoms with Crippen molar-refractivity contribution in [3.63, 3.8) is 0 Å². The van der Waals surface area contributed by atoms with Crippen LogP contribution in [0.2, 0.25) is 0 Å². The molecule has 1 saturated heterocycles. The number of rotatable bonds is 2. The van der Waals surface area contributed by atoms with Gasteiger partial charge < -0.3 is 0 Å². The fourth-order valence-electron chi connectivity index (χ4n) is 2.21. The molecule has 0 bridgehead atoms. The first-order valence-electron chi connectivity index (χ1n) is 5.77. The molecule has 1 N–H and O–H groups in total. The van der Waals surface area contributed by atoms with Gasteiger partial charge in [-0.3, -0.25) is 10.2 Å². The Bertz CT molecular complexity index is 215. The first kappa shape index (κ1) is 9.97. The summed E-state index contributed by atoms with van der Waals surface area (Å²) in [4.78, 5) is 11.6. The molecule has 1 saturated carbocycles. The summed E-state index contributed by atoms with van der Waals surface area (Å²) in [5.41, 5.74) is 3.07. The predicted octanol–water partition coefficient (Wildman–Crippen LogP) is 1.69. The second-order valence-electron chi connectivity index (χ2n) is 4.79. The van der Waals surface area contributed by atoms with Gasteiger partial charge in [-0.2, -0.15) is 0 Å². The van der Waals surface area contributed by atoms with Crippen molar-refractivity contribution in [2.75, 3.05) is 0 Å². The molecule has 0 spiro atoms. The number of carbonyl (C=O) groups excluding carboxylic acids is 1. The molecule has 1 amide bonds. The molecule has 1 heterocycles. The summed E-state index contributed by atoms with van der Waals surface area (Å²) in [5.74, 6) is 0.557. The highest BCUT2D eigenvalue weighted by Crippen LogP contribution is 2.29. The van der Waals surface area contributed by atoms with Gasteiger partial charge in [0.25, 0.3) is 0 Å². The zero-order chi connectivity index (χ0) is 10.1. The minimum absolute atomic E-state index is 0.241. The lowest BCUT2D eigenvalue weighted by Crippen LogP contribution is -2.54. The summed E-state index contributed by atoms with van der Waals surface area (Å²) in [5, 5.41) is 2.16. The van der Waals surface area contributed by atoms with Crippen LogP contribution in [-0.2, 0) is 4.79 Å². The minimum atomic E-state index is 0.241. The van der Waals surface area contributed by atoms with E-state index in [2.05, 4.69) is 24.3 Å². The van der Waals surface area contributed by atoms with Crippen LogP contribution in [0.15, 0.2) is 0 Å². The van der Waals surface area contributed by atoms with Crippen LogP contribution >= 0.6 is 0 Å². The Hall–Kier alpha value is -0.570. The lowest BCUT2D eigenvalue weighted by molar-refractivity contribution is -0.130. The fraction of sp³-hybridized carbons (Fsp3) is 0.909. The van der Waals surface area contributed by atoms with Crippen molar-refractivity contribution in [2.24, 2.45) is 5.92 Å². The highest BCUT2D eigenvalue weighted by Gasteiger charge is 2.33. The van der Waals surface area contributed by atoms with E-state index in [1.54, 1.807) is 0 Å². The molecule has 1 aliphatic heterocycles. The van der Waals surface area contributed by atoms with Crippen LogP contribution in [0.3, 0.4) is 0 Å². The van der Waals surface area contributed by atoms with Crippen LogP contribution in [0.5, 0.6) is 0 Å². The van der Waals surface area contributed by atoms with Gasteiger partial charge in [-0.15, -0.1) is 0 Å². The van der Waals surface area contributed by atoms with Gasteiger partial charge in [0, 0.05) is 18.0 Å². The number of amides is 1. The standard InChI is InChI=1S/C11H20N2O/c1-8-4-3-5-9(2)13(8)12-11(14)10-6-7-10/h8-10H,3-7H2,1-2H3,(H,12,14)/t8-,9-/m0/s1. The van der Waals surface area contributed by atoms with Gasteiger partial charge in [-0.05, 0) is 39.5 Å². The average Bonchev–Trinajstić information content (AvgIpc) is 2.94. The van der Waals surface area contributed by atoms with Crippen LogP contribution in [-0.4, -0.2) is 23.0 Å². The Balaban J connectivity index is 1.89. The number of carbonyl (C=O) groups is 1. The third kappa shape index (κ3) is 2.08. The highest BCUT2D eigenvalue weighted by atomic mass is 16.2. The van der Waals surface area contributed by atoms with Gasteiger partial charge in [0.05, 0.1) is 0 Å². The van der Waals surface area contributed by atoms with Gasteiger partial charge in [-0.25, -0.2) is 5.01 Å². The van der Waals surface area contributed by atoms with Crippen LogP contribution in [0.25, 0.3) is 0 Å². The summed E-state index contributed by atoms with van der Waals surface area (Å²) in [6, 6.07) is 1.00. The van der Waals surface area contributed by atoms with Crippen LogP contribution in [0.1, 0.15) is 46.0 Å². The van der Waals surface area contributed by atoms with E-state index in [0.29, 0.717) is 18.0 Å². The average molecular weight is 196 g/mol. The summed E-state index contributed by atoms with van der Waals surface area (Å²) in [6.45, 7) is 4.39. The van der Waals surface area contributed by atoms with Crippen molar-refractivity contribution in [1.82, 2.24) is 10.4 Å². The van der Waals surface area contributed by atoms with Crippen molar-refractivity contribution < 1.29 is 4.79 Å². The van der Waals surface area contributed by atoms with Crippen LogP contribution in [0, 0.1) is 5.92 Å². The van der Waals surface area contributed by atoms with E-state index >= 15 is 0 Å². The molecular formula is C11H20N2O. The molecule has 0 radical (unpaired) electrons. The topological polar surface area (TPSA) is 32.3 Å². The second kappa shape index (κ2) is 3.89. The van der Waals surface area contributed by atoms with Crippen LogP contribution < -0.4 is 5.43 Å². The summed E-state index contributed by atoms with van der Waals surface area (Å²) in [6.07, 6.45) is 5.87. The van der Waals surface area contributed by atoms with E-state index in [4.69, 9.17) is 0 Å². The van der Waals surface area contributed by atoms with E-state index in [1.807, 2.05) is 0 Å². The van der Waals surface area contributed by atoms with Gasteiger partial charge >= 0.3 is 0 Å². The Morgan fingerprint density at radius 2 is 1.71 bits per heavy atom. The zero-order valence-electron chi connectivity index (χ0n) is 9.12. The number of nitrogens with one attached hydrogen (secondary N) is 1. The van der Waals surface area contributed by atoms with Crippen molar-refractivity contribution in [1.29, 1.82) is 0 Å². The Morgan fingerprint density at radius 3 is 2.21 bits per heavy atom. The number of hydrazine groups is 1. The SMILES string of the molecule is C[C@H]1CCC[C@H](C)N1NC(=O)C1CC1. The first-order valence-corrected chi connectivity index (χ1v) is 5.77. The lowest BCUT2D eigenvalue weighted by Gasteiger charge is -2.38. The quantitative estimate of drug-likeness (QED) is 0.729. The Labute approximate surface area is 85.8 Å². The second-order valence-corrected chi connectivity index (χ2v) is 4.79. The van der Waals surface area contributed by atoms with Crippen molar-refractivity contribution in [3.8, 4) is 0 Å². The highest BCUT2D eigenvalue weighted by molar-refractivity contribution is 5.80. The van der Waals surface area contributed by atoms with Gasteiger partial charge in [0.1, 0.15) is 0 Å². The van der Waals surface area contributed by atoms with E-state index in [1.165, 1.54) is 19.3 Å². The van der Waals surface area contributed by atoms with Gasteiger partial charge in [0.15, 0.2) is 0 Å². The van der Waals surface area contributed by atoms with E-state index < -0.39 is 0 Å². The molecule has 0 aromatic rings. The lowest BCUT2D eigenvalue weighted by atomic mass is 10.00. The maximum atomic E-state index is 11.6. The van der Waals surface area contributed by atoms with Crippen molar-refractivity contribution in [3.05, 3.63) is 0 Å². The maximum absolute atomic E-state index is 11.6. The molecule has 3 heteroatoms. The van der Waals surface area contributed by atoms with Crippen molar-refractivity contribution >= 4 is 5.91 Å². The largest absolute Gasteiger partial charge is 0.288 e. The molecule has 2 rings (SSSR count). The molecule has 3 nitrogen and oxygen atoms in total. The molecule has 0 aromatic heterocycles. The van der Waals surface area contributed by atoms with Gasteiger partial charge in [-0.1, -0.05) is 6.42 Å². The number of piperidine rings is 1. The van der Waals surface area contributed by atoms with E-state index in [-0.39, 0.29) is 5.91 Å². The predicted molar refractivity (Wildman–Crippen MR) is 55.5 cm³/mol. The Kier molecular flexibility index (Phi) is 2.77. The fourth-order valence-corrected chi connectivity index (χ4v) is 2.21. The summed E-state index contributed by atoms with van der Waals surface area (Å²) in [7, 11) is 0.